The summed E-state index contributed by atoms with van der Waals surface area (Å²) < 4.78 is 5.60. The van der Waals surface area contributed by atoms with Crippen LogP contribution in [0.5, 0.6) is 0 Å². The van der Waals surface area contributed by atoms with E-state index in [0.717, 1.165) is 25.9 Å². The quantitative estimate of drug-likeness (QED) is 0.658. The number of piperidine rings is 1. The summed E-state index contributed by atoms with van der Waals surface area (Å²) in [5, 5.41) is 16.8. The van der Waals surface area contributed by atoms with E-state index in [4.69, 9.17) is 4.74 Å². The Morgan fingerprint density at radius 2 is 2.23 bits per heavy atom. The molecule has 6 nitrogen and oxygen atoms in total. The highest BCUT2D eigenvalue weighted by molar-refractivity contribution is 4.73. The summed E-state index contributed by atoms with van der Waals surface area (Å²) in [5.41, 5.74) is 0. The molecule has 1 aliphatic rings. The van der Waals surface area contributed by atoms with Gasteiger partial charge in [0.1, 0.15) is 6.61 Å². The first-order valence-corrected chi connectivity index (χ1v) is 4.50. The average molecular weight is 183 g/mol. The van der Waals surface area contributed by atoms with Gasteiger partial charge in [-0.05, 0) is 25.9 Å². The summed E-state index contributed by atoms with van der Waals surface area (Å²) in [4.78, 5) is 0. The minimum atomic E-state index is 0.347. The van der Waals surface area contributed by atoms with Gasteiger partial charge in [-0.25, -0.2) is 0 Å². The number of nitrogens with zero attached hydrogens (tertiary/aromatic N) is 3. The van der Waals surface area contributed by atoms with Crippen molar-refractivity contribution in [1.82, 2.24) is 25.9 Å². The summed E-state index contributed by atoms with van der Waals surface area (Å²) in [6, 6.07) is 0. The Balaban J connectivity index is 1.72. The lowest BCUT2D eigenvalue weighted by atomic mass is 10.1. The highest BCUT2D eigenvalue weighted by atomic mass is 16.5. The fourth-order valence-corrected chi connectivity index (χ4v) is 1.40. The monoisotopic (exact) mass is 183 g/mol. The predicted molar refractivity (Wildman–Crippen MR) is 44.9 cm³/mol. The molecule has 1 fully saturated rings. The molecule has 1 aromatic rings. The number of aromatic amines is 1. The molecule has 0 radical (unpaired) electrons. The van der Waals surface area contributed by atoms with Crippen LogP contribution >= 0.6 is 0 Å². The van der Waals surface area contributed by atoms with Crippen molar-refractivity contribution in [3.8, 4) is 0 Å². The van der Waals surface area contributed by atoms with Gasteiger partial charge in [-0.2, -0.15) is 5.21 Å². The third kappa shape index (κ3) is 2.46. The molecule has 0 bridgehead atoms. The zero-order valence-electron chi connectivity index (χ0n) is 7.36. The Kier molecular flexibility index (Phi) is 2.83. The Morgan fingerprint density at radius 3 is 2.92 bits per heavy atom. The summed E-state index contributed by atoms with van der Waals surface area (Å²) in [6.07, 6.45) is 2.48. The van der Waals surface area contributed by atoms with Crippen LogP contribution in [0.4, 0.5) is 0 Å². The lowest BCUT2D eigenvalue weighted by molar-refractivity contribution is 0.0178. The largest absolute Gasteiger partial charge is 0.370 e. The number of ether oxygens (including phenoxy) is 1. The molecule has 2 N–H and O–H groups in total. The molecule has 0 spiro atoms. The number of aromatic nitrogens is 4. The molecule has 0 atom stereocenters. The molecular formula is C7H13N5O. The van der Waals surface area contributed by atoms with Crippen LogP contribution in [-0.4, -0.2) is 39.8 Å². The number of nitrogens with one attached hydrogen (secondary N) is 2. The SMILES string of the molecule is C1CC(OCc2nn[nH]n2)CCN1. The Morgan fingerprint density at radius 1 is 1.38 bits per heavy atom. The van der Waals surface area contributed by atoms with E-state index in [2.05, 4.69) is 25.9 Å². The van der Waals surface area contributed by atoms with E-state index in [0.29, 0.717) is 18.5 Å². The van der Waals surface area contributed by atoms with E-state index in [-0.39, 0.29) is 0 Å². The Bertz CT molecular complexity index is 231. The van der Waals surface area contributed by atoms with Gasteiger partial charge in [0.2, 0.25) is 0 Å². The highest BCUT2D eigenvalue weighted by Crippen LogP contribution is 2.08. The third-order valence-electron chi connectivity index (χ3n) is 2.12. The van der Waals surface area contributed by atoms with E-state index in [1.807, 2.05) is 0 Å². The van der Waals surface area contributed by atoms with Crippen molar-refractivity contribution in [2.24, 2.45) is 0 Å². The van der Waals surface area contributed by atoms with E-state index in [1.165, 1.54) is 0 Å². The van der Waals surface area contributed by atoms with Crippen molar-refractivity contribution >= 4 is 0 Å². The van der Waals surface area contributed by atoms with E-state index < -0.39 is 0 Å². The van der Waals surface area contributed by atoms with Gasteiger partial charge in [-0.1, -0.05) is 5.21 Å². The zero-order valence-corrected chi connectivity index (χ0v) is 7.36. The van der Waals surface area contributed by atoms with Crippen LogP contribution in [-0.2, 0) is 11.3 Å². The molecule has 0 unspecified atom stereocenters. The summed E-state index contributed by atoms with van der Waals surface area (Å²) in [6.45, 7) is 2.54. The normalized spacial score (nSPS) is 19.1. The molecule has 0 amide bonds. The molecule has 1 aliphatic heterocycles. The zero-order chi connectivity index (χ0) is 8.93. The van der Waals surface area contributed by atoms with Crippen molar-refractivity contribution in [3.05, 3.63) is 5.82 Å². The van der Waals surface area contributed by atoms with Gasteiger partial charge < -0.3 is 10.1 Å². The number of hydrogen-bond donors (Lipinski definition) is 2. The van der Waals surface area contributed by atoms with Gasteiger partial charge in [0.05, 0.1) is 6.10 Å². The van der Waals surface area contributed by atoms with Crippen LogP contribution < -0.4 is 5.32 Å². The molecule has 0 aromatic carbocycles. The summed E-state index contributed by atoms with van der Waals surface area (Å²) in [5.74, 6) is 0.624. The van der Waals surface area contributed by atoms with E-state index in [9.17, 15) is 0 Å². The molecule has 1 aromatic heterocycles. The molecule has 72 valence electrons. The Hall–Kier alpha value is -1.01. The maximum atomic E-state index is 5.60. The summed E-state index contributed by atoms with van der Waals surface area (Å²) in [7, 11) is 0. The second-order valence-electron chi connectivity index (χ2n) is 3.09. The third-order valence-corrected chi connectivity index (χ3v) is 2.12. The average Bonchev–Trinajstić information content (AvgIpc) is 2.69. The lowest BCUT2D eigenvalue weighted by Gasteiger charge is -2.22. The molecular weight excluding hydrogens is 170 g/mol. The van der Waals surface area contributed by atoms with Crippen LogP contribution in [0.1, 0.15) is 18.7 Å². The van der Waals surface area contributed by atoms with Crippen molar-refractivity contribution in [2.75, 3.05) is 13.1 Å². The fraction of sp³-hybridized carbons (Fsp3) is 0.857. The summed E-state index contributed by atoms with van der Waals surface area (Å²) >= 11 is 0. The van der Waals surface area contributed by atoms with Crippen molar-refractivity contribution in [3.63, 3.8) is 0 Å². The number of hydrogen-bond acceptors (Lipinski definition) is 5. The highest BCUT2D eigenvalue weighted by Gasteiger charge is 2.13. The second kappa shape index (κ2) is 4.29. The minimum absolute atomic E-state index is 0.347. The van der Waals surface area contributed by atoms with Crippen molar-refractivity contribution in [2.45, 2.75) is 25.6 Å². The molecule has 2 heterocycles. The first kappa shape index (κ1) is 8.58. The molecule has 1 saturated heterocycles. The van der Waals surface area contributed by atoms with Gasteiger partial charge in [0.15, 0.2) is 5.82 Å². The van der Waals surface area contributed by atoms with E-state index in [1.54, 1.807) is 0 Å². The van der Waals surface area contributed by atoms with E-state index >= 15 is 0 Å². The Labute approximate surface area is 76.1 Å². The molecule has 0 aliphatic carbocycles. The molecule has 2 rings (SSSR count). The van der Waals surface area contributed by atoms with Gasteiger partial charge in [0, 0.05) is 0 Å². The van der Waals surface area contributed by atoms with Gasteiger partial charge in [-0.3, -0.25) is 0 Å². The van der Waals surface area contributed by atoms with Crippen LogP contribution in [0.15, 0.2) is 0 Å². The number of tetrazole rings is 1. The topological polar surface area (TPSA) is 75.7 Å². The molecule has 13 heavy (non-hydrogen) atoms. The smallest absolute Gasteiger partial charge is 0.200 e. The lowest BCUT2D eigenvalue weighted by Crippen LogP contribution is -2.32. The van der Waals surface area contributed by atoms with Crippen LogP contribution in [0, 0.1) is 0 Å². The first-order chi connectivity index (χ1) is 6.45. The predicted octanol–water partition coefficient (Wildman–Crippen LogP) is -0.532. The van der Waals surface area contributed by atoms with Crippen molar-refractivity contribution in [1.29, 1.82) is 0 Å². The van der Waals surface area contributed by atoms with Crippen LogP contribution in [0.3, 0.4) is 0 Å². The number of H-pyrrole nitrogens is 1. The fourth-order valence-electron chi connectivity index (χ4n) is 1.40. The first-order valence-electron chi connectivity index (χ1n) is 4.50. The standard InChI is InChI=1S/C7H13N5O/c1-3-8-4-2-6(1)13-5-7-9-11-12-10-7/h6,8H,1-5H2,(H,9,10,11,12). The molecule has 6 heteroatoms. The molecule has 0 saturated carbocycles. The van der Waals surface area contributed by atoms with Gasteiger partial charge in [0.25, 0.3) is 0 Å². The second-order valence-corrected chi connectivity index (χ2v) is 3.09. The van der Waals surface area contributed by atoms with Gasteiger partial charge in [-0.15, -0.1) is 10.2 Å². The maximum absolute atomic E-state index is 5.60. The minimum Gasteiger partial charge on any atom is -0.370 e. The van der Waals surface area contributed by atoms with Gasteiger partial charge >= 0.3 is 0 Å². The number of rotatable bonds is 3. The van der Waals surface area contributed by atoms with Crippen LogP contribution in [0.2, 0.25) is 0 Å². The van der Waals surface area contributed by atoms with Crippen LogP contribution in [0.25, 0.3) is 0 Å². The van der Waals surface area contributed by atoms with Crippen molar-refractivity contribution < 1.29 is 4.74 Å². The maximum Gasteiger partial charge on any atom is 0.200 e.